The molecule has 0 bridgehead atoms. The van der Waals surface area contributed by atoms with E-state index in [0.29, 0.717) is 16.3 Å². The molecular formula is C20H17NO4. The SMILES string of the molecule is Cc1ccc(C(=O)COC(=O)c2cc3ccccc3c(=O)[nH]2)cc1C. The number of benzene rings is 2. The fourth-order valence-electron chi connectivity index (χ4n) is 2.53. The summed E-state index contributed by atoms with van der Waals surface area (Å²) in [6.07, 6.45) is 0. The number of H-pyrrole nitrogens is 1. The van der Waals surface area contributed by atoms with Crippen LogP contribution in [0.15, 0.2) is 53.3 Å². The predicted octanol–water partition coefficient (Wildman–Crippen LogP) is 3.18. The van der Waals surface area contributed by atoms with Gasteiger partial charge in [-0.1, -0.05) is 30.3 Å². The van der Waals surface area contributed by atoms with Crippen LogP contribution in [0, 0.1) is 13.8 Å². The zero-order valence-corrected chi connectivity index (χ0v) is 14.0. The Hall–Kier alpha value is -3.21. The van der Waals surface area contributed by atoms with Crippen LogP contribution in [0.4, 0.5) is 0 Å². The van der Waals surface area contributed by atoms with Gasteiger partial charge in [-0.3, -0.25) is 9.59 Å². The topological polar surface area (TPSA) is 76.2 Å². The highest BCUT2D eigenvalue weighted by Gasteiger charge is 2.14. The number of aryl methyl sites for hydroxylation is 2. The summed E-state index contributed by atoms with van der Waals surface area (Å²) >= 11 is 0. The second kappa shape index (κ2) is 6.73. The van der Waals surface area contributed by atoms with Gasteiger partial charge in [-0.2, -0.15) is 0 Å². The molecule has 126 valence electrons. The van der Waals surface area contributed by atoms with Crippen LogP contribution in [0.5, 0.6) is 0 Å². The van der Waals surface area contributed by atoms with Gasteiger partial charge in [-0.25, -0.2) is 4.79 Å². The van der Waals surface area contributed by atoms with Crippen molar-refractivity contribution in [1.82, 2.24) is 4.98 Å². The highest BCUT2D eigenvalue weighted by molar-refractivity contribution is 5.99. The van der Waals surface area contributed by atoms with Crippen LogP contribution < -0.4 is 5.56 Å². The van der Waals surface area contributed by atoms with E-state index in [1.807, 2.05) is 19.9 Å². The second-order valence-corrected chi connectivity index (χ2v) is 5.90. The van der Waals surface area contributed by atoms with Crippen molar-refractivity contribution in [2.45, 2.75) is 13.8 Å². The third-order valence-corrected chi connectivity index (χ3v) is 4.14. The van der Waals surface area contributed by atoms with Crippen molar-refractivity contribution in [2.24, 2.45) is 0 Å². The number of hydrogen-bond donors (Lipinski definition) is 1. The molecule has 0 amide bonds. The van der Waals surface area contributed by atoms with Crippen molar-refractivity contribution >= 4 is 22.5 Å². The van der Waals surface area contributed by atoms with E-state index in [2.05, 4.69) is 4.98 Å². The molecule has 0 aliphatic carbocycles. The van der Waals surface area contributed by atoms with Crippen molar-refractivity contribution in [2.75, 3.05) is 6.61 Å². The zero-order chi connectivity index (χ0) is 18.0. The number of carbonyl (C=O) groups excluding carboxylic acids is 2. The van der Waals surface area contributed by atoms with Gasteiger partial charge in [0, 0.05) is 10.9 Å². The largest absolute Gasteiger partial charge is 0.453 e. The van der Waals surface area contributed by atoms with Crippen molar-refractivity contribution in [3.8, 4) is 0 Å². The lowest BCUT2D eigenvalue weighted by Crippen LogP contribution is -2.18. The van der Waals surface area contributed by atoms with E-state index in [1.54, 1.807) is 42.5 Å². The molecule has 0 radical (unpaired) electrons. The Balaban J connectivity index is 1.75. The van der Waals surface area contributed by atoms with E-state index < -0.39 is 5.97 Å². The first-order valence-corrected chi connectivity index (χ1v) is 7.85. The third-order valence-electron chi connectivity index (χ3n) is 4.14. The first-order valence-electron chi connectivity index (χ1n) is 7.85. The molecule has 0 aliphatic heterocycles. The van der Waals surface area contributed by atoms with Crippen molar-refractivity contribution in [3.63, 3.8) is 0 Å². The fraction of sp³-hybridized carbons (Fsp3) is 0.150. The van der Waals surface area contributed by atoms with Gasteiger partial charge in [0.15, 0.2) is 12.4 Å². The minimum absolute atomic E-state index is 0.0246. The van der Waals surface area contributed by atoms with Crippen molar-refractivity contribution < 1.29 is 14.3 Å². The van der Waals surface area contributed by atoms with Crippen LogP contribution >= 0.6 is 0 Å². The maximum atomic E-state index is 12.2. The number of ether oxygens (including phenoxy) is 1. The maximum Gasteiger partial charge on any atom is 0.355 e. The summed E-state index contributed by atoms with van der Waals surface area (Å²) < 4.78 is 5.06. The molecule has 2 aromatic carbocycles. The summed E-state index contributed by atoms with van der Waals surface area (Å²) in [6, 6.07) is 13.8. The molecule has 25 heavy (non-hydrogen) atoms. The Morgan fingerprint density at radius 3 is 2.52 bits per heavy atom. The van der Waals surface area contributed by atoms with E-state index >= 15 is 0 Å². The molecule has 1 aromatic heterocycles. The zero-order valence-electron chi connectivity index (χ0n) is 14.0. The summed E-state index contributed by atoms with van der Waals surface area (Å²) in [6.45, 7) is 3.49. The highest BCUT2D eigenvalue weighted by atomic mass is 16.5. The number of carbonyl (C=O) groups is 2. The van der Waals surface area contributed by atoms with Gasteiger partial charge < -0.3 is 9.72 Å². The minimum atomic E-state index is -0.736. The Bertz CT molecular complexity index is 1030. The number of Topliss-reactive ketones (excluding diaryl/α,β-unsaturated/α-hetero) is 1. The number of ketones is 1. The second-order valence-electron chi connectivity index (χ2n) is 5.90. The summed E-state index contributed by atoms with van der Waals surface area (Å²) in [5.74, 6) is -1.03. The Morgan fingerprint density at radius 1 is 1.00 bits per heavy atom. The molecular weight excluding hydrogens is 318 g/mol. The number of rotatable bonds is 4. The minimum Gasteiger partial charge on any atom is -0.453 e. The Morgan fingerprint density at radius 2 is 1.76 bits per heavy atom. The maximum absolute atomic E-state index is 12.2. The summed E-state index contributed by atoms with van der Waals surface area (Å²) in [5, 5.41) is 1.13. The Kier molecular flexibility index (Phi) is 4.48. The number of esters is 1. The van der Waals surface area contributed by atoms with Gasteiger partial charge in [0.05, 0.1) is 0 Å². The Labute approximate surface area is 144 Å². The van der Waals surface area contributed by atoms with Gasteiger partial charge in [0.25, 0.3) is 5.56 Å². The number of fused-ring (bicyclic) bond motifs is 1. The molecule has 3 aromatic rings. The average molecular weight is 335 g/mol. The molecule has 3 rings (SSSR count). The molecule has 0 saturated heterocycles. The van der Waals surface area contributed by atoms with Crippen LogP contribution in [-0.4, -0.2) is 23.3 Å². The number of pyridine rings is 1. The van der Waals surface area contributed by atoms with E-state index in [-0.39, 0.29) is 23.6 Å². The fourth-order valence-corrected chi connectivity index (χ4v) is 2.53. The van der Waals surface area contributed by atoms with Crippen LogP contribution in [0.1, 0.15) is 32.0 Å². The lowest BCUT2D eigenvalue weighted by atomic mass is 10.0. The van der Waals surface area contributed by atoms with Crippen LogP contribution in [0.25, 0.3) is 10.8 Å². The van der Waals surface area contributed by atoms with Crippen molar-refractivity contribution in [1.29, 1.82) is 0 Å². The van der Waals surface area contributed by atoms with Crippen LogP contribution in [-0.2, 0) is 4.74 Å². The molecule has 1 N–H and O–H groups in total. The van der Waals surface area contributed by atoms with E-state index in [9.17, 15) is 14.4 Å². The van der Waals surface area contributed by atoms with Crippen LogP contribution in [0.2, 0.25) is 0 Å². The number of nitrogens with one attached hydrogen (secondary N) is 1. The predicted molar refractivity (Wildman–Crippen MR) is 95.1 cm³/mol. The van der Waals surface area contributed by atoms with E-state index in [4.69, 9.17) is 4.74 Å². The molecule has 0 atom stereocenters. The van der Waals surface area contributed by atoms with Crippen LogP contribution in [0.3, 0.4) is 0 Å². The molecule has 1 heterocycles. The van der Waals surface area contributed by atoms with E-state index in [0.717, 1.165) is 11.1 Å². The number of aromatic amines is 1. The van der Waals surface area contributed by atoms with Gasteiger partial charge in [-0.15, -0.1) is 0 Å². The molecule has 0 fully saturated rings. The lowest BCUT2D eigenvalue weighted by molar-refractivity contribution is 0.0469. The van der Waals surface area contributed by atoms with Gasteiger partial charge in [0.2, 0.25) is 0 Å². The van der Waals surface area contributed by atoms with Gasteiger partial charge in [0.1, 0.15) is 5.69 Å². The standard InChI is InChI=1S/C20H17NO4/c1-12-7-8-15(9-13(12)2)18(22)11-25-20(24)17-10-14-5-3-4-6-16(14)19(23)21-17/h3-10H,11H2,1-2H3,(H,21,23). The normalized spacial score (nSPS) is 10.6. The first-order chi connectivity index (χ1) is 12.0. The molecule has 0 aliphatic rings. The number of aromatic nitrogens is 1. The number of hydrogen-bond acceptors (Lipinski definition) is 4. The smallest absolute Gasteiger partial charge is 0.355 e. The summed E-state index contributed by atoms with van der Waals surface area (Å²) in [7, 11) is 0. The first kappa shape index (κ1) is 16.6. The van der Waals surface area contributed by atoms with Gasteiger partial charge in [-0.05, 0) is 48.6 Å². The lowest BCUT2D eigenvalue weighted by Gasteiger charge is -2.07. The van der Waals surface area contributed by atoms with Crippen molar-refractivity contribution in [3.05, 3.63) is 81.3 Å². The average Bonchev–Trinajstić information content (AvgIpc) is 2.61. The monoisotopic (exact) mass is 335 g/mol. The summed E-state index contributed by atoms with van der Waals surface area (Å²) in [4.78, 5) is 38.8. The molecule has 5 nitrogen and oxygen atoms in total. The third kappa shape index (κ3) is 3.50. The molecule has 0 spiro atoms. The summed E-state index contributed by atoms with van der Waals surface area (Å²) in [5.41, 5.74) is 2.23. The molecule has 0 saturated carbocycles. The van der Waals surface area contributed by atoms with E-state index in [1.165, 1.54) is 0 Å². The van der Waals surface area contributed by atoms with Gasteiger partial charge >= 0.3 is 5.97 Å². The molecule has 0 unspecified atom stereocenters. The highest BCUT2D eigenvalue weighted by Crippen LogP contribution is 2.12. The quantitative estimate of drug-likeness (QED) is 0.587. The molecule has 5 heteroatoms.